The molecule has 1 saturated heterocycles. The van der Waals surface area contributed by atoms with Gasteiger partial charge in [-0.3, -0.25) is 4.79 Å². The monoisotopic (exact) mass is 462 g/mol. The van der Waals surface area contributed by atoms with Crippen molar-refractivity contribution in [3.8, 4) is 16.8 Å². The fraction of sp³-hybridized carbons (Fsp3) is 0.346. The van der Waals surface area contributed by atoms with E-state index in [0.717, 1.165) is 53.5 Å². The highest BCUT2D eigenvalue weighted by molar-refractivity contribution is 5.81. The first-order chi connectivity index (χ1) is 16.5. The molecule has 0 spiro atoms. The van der Waals surface area contributed by atoms with Crippen molar-refractivity contribution in [1.82, 2.24) is 19.7 Å². The van der Waals surface area contributed by atoms with Crippen LogP contribution in [-0.2, 0) is 17.6 Å². The number of hydrogen-bond donors (Lipinski definition) is 1. The molecule has 8 heteroatoms. The van der Waals surface area contributed by atoms with Crippen LogP contribution in [0.2, 0.25) is 0 Å². The lowest BCUT2D eigenvalue weighted by Crippen LogP contribution is -2.30. The summed E-state index contributed by atoms with van der Waals surface area (Å²) < 4.78 is 31.5. The van der Waals surface area contributed by atoms with Crippen molar-refractivity contribution in [3.05, 3.63) is 75.5 Å². The Hall–Kier alpha value is -3.55. The van der Waals surface area contributed by atoms with Crippen molar-refractivity contribution in [1.29, 1.82) is 0 Å². The van der Waals surface area contributed by atoms with Crippen molar-refractivity contribution in [2.75, 3.05) is 13.1 Å². The summed E-state index contributed by atoms with van der Waals surface area (Å²) >= 11 is 0. The number of benzene rings is 2. The minimum absolute atomic E-state index is 0.115. The second-order valence-electron chi connectivity index (χ2n) is 9.50. The Kier molecular flexibility index (Phi) is 4.97. The highest BCUT2D eigenvalue weighted by Crippen LogP contribution is 2.34. The quantitative estimate of drug-likeness (QED) is 0.626. The van der Waals surface area contributed by atoms with E-state index in [9.17, 15) is 9.59 Å². The summed E-state index contributed by atoms with van der Waals surface area (Å²) in [5, 5.41) is 6.46. The lowest BCUT2D eigenvalue weighted by atomic mass is 9.99. The van der Waals surface area contributed by atoms with Crippen molar-refractivity contribution in [2.24, 2.45) is 11.8 Å². The zero-order valence-corrected chi connectivity index (χ0v) is 18.6. The first-order valence-corrected chi connectivity index (χ1v) is 11.7. The van der Waals surface area contributed by atoms with Gasteiger partial charge in [0.1, 0.15) is 17.5 Å². The molecule has 2 heterocycles. The number of likely N-dealkylation sites (tertiary alicyclic amines) is 1. The summed E-state index contributed by atoms with van der Waals surface area (Å²) in [6, 6.07) is 7.75. The maximum Gasteiger partial charge on any atom is 0.348 e. The summed E-state index contributed by atoms with van der Waals surface area (Å²) in [6.07, 6.45) is 7.93. The standard InChI is InChI=1S/C26H24F2N4O2/c27-21-13-23(22(28)12-20(21)19-7-4-16-2-1-3-18(16)11-19)32-24(29-30-26(32)34)10-15-8-9-31(14-15)25(33)17-5-6-17/h1-2,4,7,11-13,15,17H,3,5-6,8-10,14H2,(H,30,34)/t15-/m0/s1. The van der Waals surface area contributed by atoms with E-state index in [-0.39, 0.29) is 29.0 Å². The number of allylic oxidation sites excluding steroid dienone is 1. The van der Waals surface area contributed by atoms with Crippen LogP contribution in [0.5, 0.6) is 0 Å². The van der Waals surface area contributed by atoms with Gasteiger partial charge in [0, 0.05) is 37.1 Å². The Bertz CT molecular complexity index is 1390. The molecule has 1 atom stereocenters. The van der Waals surface area contributed by atoms with Crippen molar-refractivity contribution in [3.63, 3.8) is 0 Å². The number of H-pyrrole nitrogens is 1. The highest BCUT2D eigenvalue weighted by atomic mass is 19.1. The molecular formula is C26H24F2N4O2. The van der Waals surface area contributed by atoms with Crippen LogP contribution in [0.4, 0.5) is 8.78 Å². The first kappa shape index (κ1) is 21.0. The summed E-state index contributed by atoms with van der Waals surface area (Å²) in [4.78, 5) is 26.7. The van der Waals surface area contributed by atoms with Crippen molar-refractivity contribution in [2.45, 2.75) is 32.1 Å². The molecule has 1 amide bonds. The van der Waals surface area contributed by atoms with E-state index in [2.05, 4.69) is 10.2 Å². The molecule has 2 fully saturated rings. The smallest absolute Gasteiger partial charge is 0.342 e. The average molecular weight is 463 g/mol. The summed E-state index contributed by atoms with van der Waals surface area (Å²) in [7, 11) is 0. The average Bonchev–Trinajstić information content (AvgIpc) is 3.22. The molecule has 0 bridgehead atoms. The molecular weight excluding hydrogens is 438 g/mol. The fourth-order valence-corrected chi connectivity index (χ4v) is 5.12. The Morgan fingerprint density at radius 3 is 2.79 bits per heavy atom. The summed E-state index contributed by atoms with van der Waals surface area (Å²) in [6.45, 7) is 1.28. The predicted octanol–water partition coefficient (Wildman–Crippen LogP) is 3.88. The fourth-order valence-electron chi connectivity index (χ4n) is 5.12. The number of fused-ring (bicyclic) bond motifs is 1. The van der Waals surface area contributed by atoms with Crippen molar-refractivity contribution >= 4 is 12.0 Å². The maximum absolute atomic E-state index is 15.3. The minimum atomic E-state index is -0.697. The number of halogens is 2. The van der Waals surface area contributed by atoms with Crippen LogP contribution < -0.4 is 5.69 Å². The largest absolute Gasteiger partial charge is 0.348 e. The third kappa shape index (κ3) is 3.67. The van der Waals surface area contributed by atoms with E-state index in [0.29, 0.717) is 30.9 Å². The third-order valence-corrected chi connectivity index (χ3v) is 7.10. The molecule has 174 valence electrons. The van der Waals surface area contributed by atoms with Gasteiger partial charge in [-0.1, -0.05) is 30.4 Å². The number of nitrogens with zero attached hydrogens (tertiary/aromatic N) is 3. The topological polar surface area (TPSA) is 71.0 Å². The number of aromatic nitrogens is 3. The molecule has 1 saturated carbocycles. The van der Waals surface area contributed by atoms with Gasteiger partial charge in [-0.05, 0) is 54.4 Å². The van der Waals surface area contributed by atoms with E-state index >= 15 is 8.78 Å². The molecule has 6 nitrogen and oxygen atoms in total. The summed E-state index contributed by atoms with van der Waals surface area (Å²) in [5.74, 6) is -0.484. The van der Waals surface area contributed by atoms with Crippen molar-refractivity contribution < 1.29 is 13.6 Å². The normalized spacial score (nSPS) is 19.1. The van der Waals surface area contributed by atoms with E-state index < -0.39 is 17.3 Å². The van der Waals surface area contributed by atoms with E-state index in [1.54, 1.807) is 6.07 Å². The predicted molar refractivity (Wildman–Crippen MR) is 123 cm³/mol. The number of hydrogen-bond acceptors (Lipinski definition) is 3. The van der Waals surface area contributed by atoms with Gasteiger partial charge in [-0.15, -0.1) is 0 Å². The second-order valence-corrected chi connectivity index (χ2v) is 9.50. The highest BCUT2D eigenvalue weighted by Gasteiger charge is 2.37. The van der Waals surface area contributed by atoms with Crippen LogP contribution in [0.3, 0.4) is 0 Å². The van der Waals surface area contributed by atoms with Gasteiger partial charge in [-0.2, -0.15) is 5.10 Å². The molecule has 6 rings (SSSR count). The van der Waals surface area contributed by atoms with Gasteiger partial charge in [0.2, 0.25) is 5.91 Å². The Labute approximate surface area is 194 Å². The van der Waals surface area contributed by atoms with Crippen LogP contribution in [0.15, 0.2) is 41.2 Å². The lowest BCUT2D eigenvalue weighted by molar-refractivity contribution is -0.131. The van der Waals surface area contributed by atoms with Crippen LogP contribution in [-0.4, -0.2) is 38.7 Å². The molecule has 3 aromatic rings. The molecule has 3 aliphatic rings. The van der Waals surface area contributed by atoms with Crippen LogP contribution in [0.25, 0.3) is 22.9 Å². The Balaban J connectivity index is 1.28. The van der Waals surface area contributed by atoms with Gasteiger partial charge >= 0.3 is 5.69 Å². The van der Waals surface area contributed by atoms with E-state index in [1.165, 1.54) is 0 Å². The molecule has 34 heavy (non-hydrogen) atoms. The summed E-state index contributed by atoms with van der Waals surface area (Å²) in [5.41, 5.74) is 2.12. The third-order valence-electron chi connectivity index (χ3n) is 7.10. The number of carbonyl (C=O) groups excluding carboxylic acids is 1. The molecule has 0 radical (unpaired) electrons. The molecule has 1 aliphatic heterocycles. The van der Waals surface area contributed by atoms with Crippen LogP contribution in [0.1, 0.15) is 36.2 Å². The number of aromatic amines is 1. The number of carbonyl (C=O) groups is 1. The van der Waals surface area contributed by atoms with Gasteiger partial charge in [-0.25, -0.2) is 23.2 Å². The van der Waals surface area contributed by atoms with Gasteiger partial charge in [0.05, 0.1) is 5.69 Å². The molecule has 0 unspecified atom stereocenters. The van der Waals surface area contributed by atoms with Crippen LogP contribution in [0, 0.1) is 23.5 Å². The van der Waals surface area contributed by atoms with Crippen LogP contribution >= 0.6 is 0 Å². The number of amides is 1. The molecule has 1 N–H and O–H groups in total. The van der Waals surface area contributed by atoms with Gasteiger partial charge < -0.3 is 4.90 Å². The zero-order valence-electron chi connectivity index (χ0n) is 18.6. The zero-order chi connectivity index (χ0) is 23.4. The first-order valence-electron chi connectivity index (χ1n) is 11.7. The molecule has 1 aromatic heterocycles. The second kappa shape index (κ2) is 8.04. The minimum Gasteiger partial charge on any atom is -0.342 e. The Morgan fingerprint density at radius 1 is 1.12 bits per heavy atom. The van der Waals surface area contributed by atoms with E-state index in [4.69, 9.17) is 0 Å². The van der Waals surface area contributed by atoms with Gasteiger partial charge in [0.15, 0.2) is 0 Å². The lowest BCUT2D eigenvalue weighted by Gasteiger charge is -2.16. The number of rotatable bonds is 5. The molecule has 2 aliphatic carbocycles. The van der Waals surface area contributed by atoms with E-state index in [1.807, 2.05) is 29.2 Å². The Morgan fingerprint density at radius 2 is 1.97 bits per heavy atom. The van der Waals surface area contributed by atoms with Gasteiger partial charge in [0.25, 0.3) is 0 Å². The SMILES string of the molecule is O=C(C1CC1)N1CC[C@@H](Cc2n[nH]c(=O)n2-c2cc(F)c(-c3ccc4c(c3)CC=C4)cc2F)C1. The number of nitrogens with one attached hydrogen (secondary N) is 1. The maximum atomic E-state index is 15.3. The molecule has 2 aromatic carbocycles.